The maximum absolute atomic E-state index is 18.6. The fourth-order valence-electron chi connectivity index (χ4n) is 10.1. The predicted octanol–water partition coefficient (Wildman–Crippen LogP) is 18.0. The Morgan fingerprint density at radius 3 is 0.890 bits per heavy atom. The third-order valence-electron chi connectivity index (χ3n) is 15.8. The van der Waals surface area contributed by atoms with Crippen LogP contribution in [0.3, 0.4) is 0 Å². The summed E-state index contributed by atoms with van der Waals surface area (Å²) in [5.41, 5.74) is 4.79. The maximum atomic E-state index is 18.6. The molecule has 0 heterocycles. The van der Waals surface area contributed by atoms with Crippen molar-refractivity contribution >= 4 is 75.3 Å². The molecule has 6 rings (SSSR count). The fraction of sp³-hybridized carbons (Fsp3) is 0.486. The van der Waals surface area contributed by atoms with Gasteiger partial charge in [0.2, 0.25) is 0 Å². The molecule has 0 aliphatic rings. The molecule has 444 valence electrons. The van der Waals surface area contributed by atoms with E-state index in [1.54, 1.807) is 31.2 Å². The number of hydrogen-bond acceptors (Lipinski definition) is 6. The summed E-state index contributed by atoms with van der Waals surface area (Å²) in [4.78, 5) is 13.6. The highest BCUT2D eigenvalue weighted by molar-refractivity contribution is 7.86. The van der Waals surface area contributed by atoms with Crippen LogP contribution in [0.5, 0.6) is 11.5 Å². The summed E-state index contributed by atoms with van der Waals surface area (Å²) in [5.74, 6) is -1.14. The molecule has 1 N–H and O–H groups in total. The lowest BCUT2D eigenvalue weighted by molar-refractivity contribution is -0.145. The zero-order valence-corrected chi connectivity index (χ0v) is 57.6. The summed E-state index contributed by atoms with van der Waals surface area (Å²) in [6.45, 7) is 53.0. The van der Waals surface area contributed by atoms with Gasteiger partial charge in [0, 0.05) is 43.0 Å². The Morgan fingerprint density at radius 2 is 0.646 bits per heavy atom. The number of halogens is 2. The number of esters is 1. The quantitative estimate of drug-likeness (QED) is 0.103. The van der Waals surface area contributed by atoms with Crippen molar-refractivity contribution < 1.29 is 28.5 Å². The third kappa shape index (κ3) is 13.9. The second-order valence-electron chi connectivity index (χ2n) is 30.9. The van der Waals surface area contributed by atoms with Gasteiger partial charge in [-0.05, 0) is 168 Å². The highest BCUT2D eigenvalue weighted by Gasteiger charge is 2.44. The molecule has 0 aromatic heterocycles. The van der Waals surface area contributed by atoms with Crippen LogP contribution in [-0.2, 0) is 62.0 Å². The summed E-state index contributed by atoms with van der Waals surface area (Å²) in [5, 5.41) is 16.1. The van der Waals surface area contributed by atoms with Crippen LogP contribution in [0.25, 0.3) is 11.1 Å². The Hall–Kier alpha value is -4.57. The van der Waals surface area contributed by atoms with Crippen LogP contribution in [0.4, 0.5) is 0 Å². The molecule has 10 heteroatoms. The van der Waals surface area contributed by atoms with E-state index in [-0.39, 0.29) is 44.1 Å². The van der Waals surface area contributed by atoms with Crippen LogP contribution < -0.4 is 36.6 Å². The van der Waals surface area contributed by atoms with Crippen molar-refractivity contribution in [3.05, 3.63) is 152 Å². The Kier molecular flexibility index (Phi) is 18.4. The summed E-state index contributed by atoms with van der Waals surface area (Å²) < 4.78 is 49.3. The van der Waals surface area contributed by atoms with E-state index < -0.39 is 75.9 Å². The Balaban J connectivity index is 2.06. The van der Waals surface area contributed by atoms with Crippen molar-refractivity contribution in [1.29, 1.82) is 0 Å². The number of ether oxygens (including phenoxy) is 2. The zero-order chi connectivity index (χ0) is 62.3. The first-order valence-corrected chi connectivity index (χ1v) is 33.2. The Morgan fingerprint density at radius 1 is 0.402 bits per heavy atom. The molecule has 6 aromatic rings. The van der Waals surface area contributed by atoms with Crippen LogP contribution in [-0.4, -0.2) is 24.3 Å². The first kappa shape index (κ1) is 66.6. The average molecular weight is 1190 g/mol. The summed E-state index contributed by atoms with van der Waals surface area (Å²) >= 11 is 14.8. The minimum atomic E-state index is -4.34. The van der Waals surface area contributed by atoms with Crippen molar-refractivity contribution in [3.63, 3.8) is 0 Å². The minimum absolute atomic E-state index is 0.0235. The second-order valence-corrected chi connectivity index (χ2v) is 37.2. The zero-order valence-electron chi connectivity index (χ0n) is 54.3. The molecule has 0 unspecified atom stereocenters. The predicted molar refractivity (Wildman–Crippen MR) is 354 cm³/mol. The van der Waals surface area contributed by atoms with Gasteiger partial charge >= 0.3 is 5.97 Å². The van der Waals surface area contributed by atoms with E-state index in [0.717, 1.165) is 44.5 Å². The highest BCUT2D eigenvalue weighted by Crippen LogP contribution is 2.57. The van der Waals surface area contributed by atoms with E-state index in [2.05, 4.69) is 239 Å². The van der Waals surface area contributed by atoms with E-state index in [1.165, 1.54) is 0 Å². The fourth-order valence-corrected chi connectivity index (χ4v) is 16.4. The van der Waals surface area contributed by atoms with E-state index in [0.29, 0.717) is 21.2 Å². The van der Waals surface area contributed by atoms with Gasteiger partial charge in [-0.3, -0.25) is 0 Å². The van der Waals surface area contributed by atoms with E-state index in [9.17, 15) is 9.90 Å². The molecule has 82 heavy (non-hydrogen) atoms. The normalized spacial score (nSPS) is 13.6. The molecule has 0 saturated heterocycles. The number of phenols is 1. The lowest BCUT2D eigenvalue weighted by Gasteiger charge is -2.34. The van der Waals surface area contributed by atoms with E-state index in [4.69, 9.17) is 32.7 Å². The van der Waals surface area contributed by atoms with Crippen molar-refractivity contribution in [3.8, 4) is 22.6 Å². The summed E-state index contributed by atoms with van der Waals surface area (Å²) in [6, 6.07) is 32.1. The lowest BCUT2D eigenvalue weighted by Crippen LogP contribution is -2.34. The van der Waals surface area contributed by atoms with Crippen LogP contribution in [0.2, 0.25) is 10.0 Å². The van der Waals surface area contributed by atoms with Gasteiger partial charge in [0.1, 0.15) is 11.5 Å². The van der Waals surface area contributed by atoms with Crippen LogP contribution in [0.1, 0.15) is 218 Å². The van der Waals surface area contributed by atoms with Gasteiger partial charge in [-0.2, -0.15) is 0 Å². The molecule has 0 amide bonds. The third-order valence-corrected chi connectivity index (χ3v) is 22.5. The van der Waals surface area contributed by atoms with Gasteiger partial charge in [0.05, 0.1) is 16.7 Å². The number of carbonyl (C=O) groups is 1. The SMILES string of the molecule is CCOC(=O)COc1c(Cl)ccc(P(=O)(c2cc(C(C)(C)C)cc(C(C)(C)C)c2)c2cc(C(C)(C)C)cc(C(C)(C)C)c2)c1-c1c(P(=O)(c2cc(C(C)(C)C)cc(C(C)(C)C)c2)c2cc(C(C)(C)C)cc(C(C)(C)C)c2)ccc(Cl)c1O. The number of benzene rings is 6. The minimum Gasteiger partial charge on any atom is -0.506 e. The van der Waals surface area contributed by atoms with Crippen molar-refractivity contribution in [2.45, 2.75) is 216 Å². The van der Waals surface area contributed by atoms with Gasteiger partial charge in [-0.1, -0.05) is 214 Å². The van der Waals surface area contributed by atoms with Gasteiger partial charge < -0.3 is 23.7 Å². The standard InChI is InChI=1S/C72H96Cl2O6P2/c1-26-79-60(75)43-80-64-57(74)28-30-59(82(78,54-39-48(69(14,15)16)33-49(40-54)70(17,18)19)55-41-50(71(20,21)22)34-51(42-55)72(23,24)25)62(64)61-58(29-27-56(73)63(61)76)81(77,52-35-44(65(2,3)4)31-45(36-52)66(5,6)7)53-37-46(67(8,9)10)32-47(38-53)68(11,12)13/h27-42,76H,26,43H2,1-25H3. The Bertz CT molecular complexity index is 3220. The topological polar surface area (TPSA) is 89.9 Å². The van der Waals surface area contributed by atoms with Crippen molar-refractivity contribution in [2.75, 3.05) is 13.2 Å². The number of carbonyl (C=O) groups excluding carboxylic acids is 1. The van der Waals surface area contributed by atoms with E-state index >= 15 is 9.13 Å². The molecule has 0 atom stereocenters. The lowest BCUT2D eigenvalue weighted by atomic mass is 9.81. The van der Waals surface area contributed by atoms with Crippen LogP contribution in [0, 0.1) is 0 Å². The molecule has 0 bridgehead atoms. The molecule has 0 aliphatic heterocycles. The molecule has 0 fully saturated rings. The van der Waals surface area contributed by atoms with Crippen molar-refractivity contribution in [2.24, 2.45) is 0 Å². The molecule has 0 radical (unpaired) electrons. The molecular weight excluding hydrogens is 1090 g/mol. The maximum Gasteiger partial charge on any atom is 0.344 e. The molecule has 6 aromatic carbocycles. The van der Waals surface area contributed by atoms with Gasteiger partial charge in [-0.25, -0.2) is 4.79 Å². The van der Waals surface area contributed by atoms with Gasteiger partial charge in [0.25, 0.3) is 0 Å². The molecule has 6 nitrogen and oxygen atoms in total. The summed E-state index contributed by atoms with van der Waals surface area (Å²) in [6.07, 6.45) is 0. The number of aromatic hydroxyl groups is 1. The Labute approximate surface area is 504 Å². The molecule has 0 aliphatic carbocycles. The number of rotatable bonds is 11. The largest absolute Gasteiger partial charge is 0.506 e. The molecular formula is C72H96Cl2O6P2. The first-order chi connectivity index (χ1) is 37.0. The monoisotopic (exact) mass is 1190 g/mol. The molecule has 0 saturated carbocycles. The average Bonchev–Trinajstić information content (AvgIpc) is 3.45. The number of phenolic OH excluding ortho intramolecular Hbond substituents is 1. The van der Waals surface area contributed by atoms with Crippen LogP contribution >= 0.6 is 37.5 Å². The highest BCUT2D eigenvalue weighted by atomic mass is 35.5. The van der Waals surface area contributed by atoms with Crippen molar-refractivity contribution in [1.82, 2.24) is 0 Å². The first-order valence-electron chi connectivity index (χ1n) is 29.1. The number of hydrogen-bond donors (Lipinski definition) is 1. The van der Waals surface area contributed by atoms with Gasteiger partial charge in [0.15, 0.2) is 20.9 Å². The van der Waals surface area contributed by atoms with Crippen LogP contribution in [0.15, 0.2) is 97.1 Å². The smallest absolute Gasteiger partial charge is 0.344 e. The van der Waals surface area contributed by atoms with Gasteiger partial charge in [-0.15, -0.1) is 0 Å². The summed E-state index contributed by atoms with van der Waals surface area (Å²) in [7, 11) is -8.67. The molecule has 0 spiro atoms. The van der Waals surface area contributed by atoms with E-state index in [1.807, 2.05) is 0 Å². The second kappa shape index (κ2) is 22.7.